The zero-order valence-electron chi connectivity index (χ0n) is 11.8. The SMILES string of the molecule is CNCC(C)C(C)Cc1ncnn1CC(C)C. The molecule has 0 aliphatic carbocycles. The van der Waals surface area contributed by atoms with E-state index >= 15 is 0 Å². The maximum atomic E-state index is 4.38. The molecule has 1 rings (SSSR count). The molecule has 0 saturated heterocycles. The van der Waals surface area contributed by atoms with Gasteiger partial charge in [-0.25, -0.2) is 9.67 Å². The molecule has 0 fully saturated rings. The third kappa shape index (κ3) is 4.46. The van der Waals surface area contributed by atoms with Gasteiger partial charge < -0.3 is 5.32 Å². The Hall–Kier alpha value is -0.900. The van der Waals surface area contributed by atoms with Gasteiger partial charge >= 0.3 is 0 Å². The third-order valence-electron chi connectivity index (χ3n) is 3.24. The summed E-state index contributed by atoms with van der Waals surface area (Å²) in [5.41, 5.74) is 0. The van der Waals surface area contributed by atoms with Crippen LogP contribution in [0.3, 0.4) is 0 Å². The van der Waals surface area contributed by atoms with Crippen LogP contribution in [0.15, 0.2) is 6.33 Å². The van der Waals surface area contributed by atoms with Crippen molar-refractivity contribution in [3.05, 3.63) is 12.2 Å². The standard InChI is InChI=1S/C13H26N4/c1-10(2)8-17-13(15-9-16-17)6-11(3)12(4)7-14-5/h9-12,14H,6-8H2,1-5H3. The van der Waals surface area contributed by atoms with Crippen molar-refractivity contribution in [1.82, 2.24) is 20.1 Å². The number of nitrogens with one attached hydrogen (secondary N) is 1. The van der Waals surface area contributed by atoms with Crippen molar-refractivity contribution in [2.45, 2.75) is 40.7 Å². The highest BCUT2D eigenvalue weighted by molar-refractivity contribution is 4.88. The summed E-state index contributed by atoms with van der Waals surface area (Å²) in [4.78, 5) is 4.38. The van der Waals surface area contributed by atoms with Gasteiger partial charge in [0, 0.05) is 13.0 Å². The molecular formula is C13H26N4. The molecule has 1 heterocycles. The first kappa shape index (κ1) is 14.2. The molecule has 0 amide bonds. The average molecular weight is 238 g/mol. The van der Waals surface area contributed by atoms with Crippen LogP contribution in [0.5, 0.6) is 0 Å². The Morgan fingerprint density at radius 3 is 2.53 bits per heavy atom. The maximum Gasteiger partial charge on any atom is 0.138 e. The minimum absolute atomic E-state index is 0.612. The number of nitrogens with zero attached hydrogens (tertiary/aromatic N) is 3. The van der Waals surface area contributed by atoms with Crippen molar-refractivity contribution in [3.8, 4) is 0 Å². The second kappa shape index (κ2) is 6.74. The van der Waals surface area contributed by atoms with Gasteiger partial charge in [-0.05, 0) is 31.3 Å². The molecule has 4 nitrogen and oxygen atoms in total. The molecule has 17 heavy (non-hydrogen) atoms. The van der Waals surface area contributed by atoms with Crippen LogP contribution in [0, 0.1) is 17.8 Å². The highest BCUT2D eigenvalue weighted by Crippen LogP contribution is 2.15. The lowest BCUT2D eigenvalue weighted by Crippen LogP contribution is -2.24. The van der Waals surface area contributed by atoms with Crippen molar-refractivity contribution in [1.29, 1.82) is 0 Å². The van der Waals surface area contributed by atoms with Gasteiger partial charge in [0.1, 0.15) is 12.2 Å². The van der Waals surface area contributed by atoms with E-state index in [4.69, 9.17) is 0 Å². The number of rotatable bonds is 7. The lowest BCUT2D eigenvalue weighted by atomic mass is 9.92. The van der Waals surface area contributed by atoms with Gasteiger partial charge in [-0.2, -0.15) is 5.10 Å². The van der Waals surface area contributed by atoms with Gasteiger partial charge in [0.2, 0.25) is 0 Å². The van der Waals surface area contributed by atoms with E-state index in [2.05, 4.69) is 43.1 Å². The second-order valence-corrected chi connectivity index (χ2v) is 5.47. The molecule has 0 aliphatic rings. The first-order valence-electron chi connectivity index (χ1n) is 6.55. The van der Waals surface area contributed by atoms with Gasteiger partial charge in [0.05, 0.1) is 0 Å². The summed E-state index contributed by atoms with van der Waals surface area (Å²) in [6.45, 7) is 11.0. The molecule has 1 N–H and O–H groups in total. The van der Waals surface area contributed by atoms with Gasteiger partial charge in [-0.15, -0.1) is 0 Å². The fourth-order valence-electron chi connectivity index (χ4n) is 1.96. The average Bonchev–Trinajstić information content (AvgIpc) is 2.65. The predicted octanol–water partition coefficient (Wildman–Crippen LogP) is 1.97. The van der Waals surface area contributed by atoms with E-state index in [1.807, 2.05) is 11.7 Å². The van der Waals surface area contributed by atoms with Crippen LogP contribution in [0.2, 0.25) is 0 Å². The van der Waals surface area contributed by atoms with Crippen LogP contribution < -0.4 is 5.32 Å². The molecule has 0 spiro atoms. The Labute approximate surface area is 105 Å². The monoisotopic (exact) mass is 238 g/mol. The summed E-state index contributed by atoms with van der Waals surface area (Å²) >= 11 is 0. The largest absolute Gasteiger partial charge is 0.319 e. The number of hydrogen-bond acceptors (Lipinski definition) is 3. The second-order valence-electron chi connectivity index (χ2n) is 5.47. The Morgan fingerprint density at radius 1 is 1.24 bits per heavy atom. The molecule has 0 radical (unpaired) electrons. The zero-order valence-corrected chi connectivity index (χ0v) is 11.8. The van der Waals surface area contributed by atoms with Crippen molar-refractivity contribution in [2.24, 2.45) is 17.8 Å². The van der Waals surface area contributed by atoms with E-state index in [1.165, 1.54) is 0 Å². The van der Waals surface area contributed by atoms with Crippen LogP contribution in [0.4, 0.5) is 0 Å². The topological polar surface area (TPSA) is 42.7 Å². The summed E-state index contributed by atoms with van der Waals surface area (Å²) in [5, 5.41) is 7.54. The molecule has 0 saturated carbocycles. The van der Waals surface area contributed by atoms with Gasteiger partial charge in [-0.3, -0.25) is 0 Å². The van der Waals surface area contributed by atoms with Crippen LogP contribution >= 0.6 is 0 Å². The number of aromatic nitrogens is 3. The molecule has 0 bridgehead atoms. The Kier molecular flexibility index (Phi) is 5.62. The van der Waals surface area contributed by atoms with Gasteiger partial charge in [0.15, 0.2) is 0 Å². The molecule has 4 heteroatoms. The van der Waals surface area contributed by atoms with E-state index in [0.29, 0.717) is 17.8 Å². The Morgan fingerprint density at radius 2 is 1.94 bits per heavy atom. The van der Waals surface area contributed by atoms with Crippen molar-refractivity contribution in [3.63, 3.8) is 0 Å². The molecule has 2 unspecified atom stereocenters. The summed E-state index contributed by atoms with van der Waals surface area (Å²) in [5.74, 6) is 3.01. The van der Waals surface area contributed by atoms with Crippen molar-refractivity contribution in [2.75, 3.05) is 13.6 Å². The Bertz CT molecular complexity index is 319. The first-order valence-corrected chi connectivity index (χ1v) is 6.55. The van der Waals surface area contributed by atoms with Crippen molar-refractivity contribution >= 4 is 0 Å². The summed E-state index contributed by atoms with van der Waals surface area (Å²) in [6.07, 6.45) is 2.68. The summed E-state index contributed by atoms with van der Waals surface area (Å²) in [7, 11) is 2.00. The van der Waals surface area contributed by atoms with Crippen LogP contribution in [-0.2, 0) is 13.0 Å². The maximum absolute atomic E-state index is 4.38. The van der Waals surface area contributed by atoms with Crippen LogP contribution in [0.1, 0.15) is 33.5 Å². The Balaban J connectivity index is 2.58. The lowest BCUT2D eigenvalue weighted by Gasteiger charge is -2.19. The zero-order chi connectivity index (χ0) is 12.8. The van der Waals surface area contributed by atoms with Crippen LogP contribution in [0.25, 0.3) is 0 Å². The van der Waals surface area contributed by atoms with Crippen molar-refractivity contribution < 1.29 is 0 Å². The van der Waals surface area contributed by atoms with E-state index in [1.54, 1.807) is 6.33 Å². The highest BCUT2D eigenvalue weighted by Gasteiger charge is 2.15. The fourth-order valence-corrected chi connectivity index (χ4v) is 1.96. The quantitative estimate of drug-likeness (QED) is 0.789. The summed E-state index contributed by atoms with van der Waals surface area (Å²) < 4.78 is 2.05. The lowest BCUT2D eigenvalue weighted by molar-refractivity contribution is 0.356. The number of hydrogen-bond donors (Lipinski definition) is 1. The minimum atomic E-state index is 0.612. The van der Waals surface area contributed by atoms with E-state index in [-0.39, 0.29) is 0 Å². The summed E-state index contributed by atoms with van der Waals surface area (Å²) in [6, 6.07) is 0. The van der Waals surface area contributed by atoms with E-state index < -0.39 is 0 Å². The minimum Gasteiger partial charge on any atom is -0.319 e. The van der Waals surface area contributed by atoms with Crippen LogP contribution in [-0.4, -0.2) is 28.4 Å². The normalized spacial score (nSPS) is 15.2. The highest BCUT2D eigenvalue weighted by atomic mass is 15.3. The fraction of sp³-hybridized carbons (Fsp3) is 0.846. The van der Waals surface area contributed by atoms with E-state index in [9.17, 15) is 0 Å². The predicted molar refractivity (Wildman–Crippen MR) is 70.8 cm³/mol. The molecule has 2 atom stereocenters. The molecule has 0 aliphatic heterocycles. The molecular weight excluding hydrogens is 212 g/mol. The smallest absolute Gasteiger partial charge is 0.138 e. The van der Waals surface area contributed by atoms with Gasteiger partial charge in [0.25, 0.3) is 0 Å². The van der Waals surface area contributed by atoms with Gasteiger partial charge in [-0.1, -0.05) is 27.7 Å². The molecule has 0 aromatic carbocycles. The molecule has 1 aromatic heterocycles. The molecule has 98 valence electrons. The third-order valence-corrected chi connectivity index (χ3v) is 3.24. The van der Waals surface area contributed by atoms with E-state index in [0.717, 1.165) is 25.3 Å². The first-order chi connectivity index (χ1) is 8.04. The molecule has 1 aromatic rings.